The van der Waals surface area contributed by atoms with Crippen molar-refractivity contribution >= 4 is 11.6 Å². The van der Waals surface area contributed by atoms with Crippen LogP contribution in [0.3, 0.4) is 0 Å². The lowest BCUT2D eigenvalue weighted by Crippen LogP contribution is -2.40. The van der Waals surface area contributed by atoms with Crippen LogP contribution in [0, 0.1) is 11.8 Å². The molecule has 1 aliphatic rings. The summed E-state index contributed by atoms with van der Waals surface area (Å²) in [6.45, 7) is 3.95. The lowest BCUT2D eigenvalue weighted by molar-refractivity contribution is -0.114. The van der Waals surface area contributed by atoms with Crippen LogP contribution in [0.1, 0.15) is 31.0 Å². The van der Waals surface area contributed by atoms with Crippen LogP contribution in [0.2, 0.25) is 0 Å². The highest BCUT2D eigenvalue weighted by Crippen LogP contribution is 2.27. The van der Waals surface area contributed by atoms with Gasteiger partial charge in [0, 0.05) is 38.5 Å². The number of hydrogen-bond donors (Lipinski definition) is 2. The maximum Gasteiger partial charge on any atom is 0.278 e. The van der Waals surface area contributed by atoms with Gasteiger partial charge in [-0.1, -0.05) is 17.3 Å². The van der Waals surface area contributed by atoms with E-state index in [2.05, 4.69) is 15.5 Å². The average molecular weight is 450 g/mol. The fraction of sp³-hybridized carbons (Fsp3) is 0.455. The smallest absolute Gasteiger partial charge is 0.278 e. The molecule has 2 rings (SSSR count). The number of aliphatic imine (C=N–C) groups is 1. The number of aryl methyl sites for hydroxylation is 1. The standard InChI is InChI=1S/C22H29F2N5O3/c1-14-11-16(5-6-19(14)32-13-22(3,23)24)15(2)29(4)12-17-18(25)7-8-26-20(17)21(30)27-9-10-28-31/h5-8,11-12,15,18H,9-10,13,25H2,1-4H3,(H,27,30)/b17-12+. The number of nitrogens with one attached hydrogen (secondary N) is 1. The van der Waals surface area contributed by atoms with E-state index in [1.165, 1.54) is 6.20 Å². The van der Waals surface area contributed by atoms with E-state index in [0.717, 1.165) is 18.1 Å². The summed E-state index contributed by atoms with van der Waals surface area (Å²) >= 11 is 0. The Bertz CT molecular complexity index is 925. The van der Waals surface area contributed by atoms with E-state index in [4.69, 9.17) is 10.5 Å². The molecule has 0 spiro atoms. The number of hydrogen-bond acceptors (Lipinski definition) is 7. The van der Waals surface area contributed by atoms with Gasteiger partial charge in [0.1, 0.15) is 11.5 Å². The number of ether oxygens (including phenoxy) is 1. The minimum Gasteiger partial charge on any atom is -0.487 e. The number of nitrogens with two attached hydrogens (primary N) is 1. The third-order valence-electron chi connectivity index (χ3n) is 4.95. The van der Waals surface area contributed by atoms with Crippen LogP contribution in [0.4, 0.5) is 8.78 Å². The Morgan fingerprint density at radius 1 is 1.47 bits per heavy atom. The predicted molar refractivity (Wildman–Crippen MR) is 120 cm³/mol. The lowest BCUT2D eigenvalue weighted by Gasteiger charge is -2.27. The molecule has 2 atom stereocenters. The van der Waals surface area contributed by atoms with Crippen LogP contribution in [0.15, 0.2) is 52.4 Å². The molecule has 174 valence electrons. The van der Waals surface area contributed by atoms with Gasteiger partial charge in [0.25, 0.3) is 11.8 Å². The number of alkyl halides is 2. The first-order chi connectivity index (χ1) is 15.0. The van der Waals surface area contributed by atoms with Crippen molar-refractivity contribution in [1.82, 2.24) is 10.2 Å². The molecule has 0 saturated carbocycles. The van der Waals surface area contributed by atoms with E-state index in [0.29, 0.717) is 11.3 Å². The third-order valence-corrected chi connectivity index (χ3v) is 4.95. The fourth-order valence-electron chi connectivity index (χ4n) is 3.05. The second kappa shape index (κ2) is 10.9. The zero-order valence-electron chi connectivity index (χ0n) is 18.6. The molecule has 8 nitrogen and oxygen atoms in total. The molecule has 0 fully saturated rings. The van der Waals surface area contributed by atoms with Crippen molar-refractivity contribution in [3.05, 3.63) is 58.3 Å². The summed E-state index contributed by atoms with van der Waals surface area (Å²) in [6.07, 6.45) is 4.90. The van der Waals surface area contributed by atoms with Crippen molar-refractivity contribution < 1.29 is 18.3 Å². The van der Waals surface area contributed by atoms with Gasteiger partial charge < -0.3 is 20.7 Å². The summed E-state index contributed by atoms with van der Waals surface area (Å²) in [4.78, 5) is 28.7. The summed E-state index contributed by atoms with van der Waals surface area (Å²) in [5.74, 6) is -2.95. The van der Waals surface area contributed by atoms with Gasteiger partial charge in [-0.3, -0.25) is 9.79 Å². The van der Waals surface area contributed by atoms with Crippen molar-refractivity contribution in [2.45, 2.75) is 38.8 Å². The van der Waals surface area contributed by atoms with Crippen LogP contribution < -0.4 is 15.8 Å². The Labute approximate surface area is 186 Å². The summed E-state index contributed by atoms with van der Waals surface area (Å²) in [5.41, 5.74) is 8.54. The molecule has 1 aliphatic heterocycles. The zero-order chi connectivity index (χ0) is 23.9. The molecule has 0 saturated heterocycles. The average Bonchev–Trinajstić information content (AvgIpc) is 2.73. The van der Waals surface area contributed by atoms with Crippen LogP contribution >= 0.6 is 0 Å². The van der Waals surface area contributed by atoms with Gasteiger partial charge in [0.05, 0.1) is 18.6 Å². The Balaban J connectivity index is 2.18. The SMILES string of the molecule is Cc1cc(C(C)N(C)/C=C2/C(C(=O)NCCN=O)=NC=CC2N)ccc1OCC(C)(F)F. The predicted octanol–water partition coefficient (Wildman–Crippen LogP) is 3.08. The van der Waals surface area contributed by atoms with Crippen LogP contribution in [0.5, 0.6) is 5.75 Å². The summed E-state index contributed by atoms with van der Waals surface area (Å²) in [7, 11) is 1.84. The fourth-order valence-corrected chi connectivity index (χ4v) is 3.05. The van der Waals surface area contributed by atoms with Crippen LogP contribution in [-0.4, -0.2) is 55.2 Å². The number of carbonyl (C=O) groups excluding carboxylic acids is 1. The number of nitroso groups, excluding NO2 is 1. The molecule has 0 aliphatic carbocycles. The maximum absolute atomic E-state index is 13.1. The zero-order valence-corrected chi connectivity index (χ0v) is 18.6. The molecule has 1 amide bonds. The molecule has 1 aromatic carbocycles. The van der Waals surface area contributed by atoms with Gasteiger partial charge in [-0.25, -0.2) is 8.78 Å². The van der Waals surface area contributed by atoms with Gasteiger partial charge in [0.2, 0.25) is 0 Å². The second-order valence-corrected chi connectivity index (χ2v) is 7.76. The van der Waals surface area contributed by atoms with Crippen molar-refractivity contribution in [3.63, 3.8) is 0 Å². The second-order valence-electron chi connectivity index (χ2n) is 7.76. The van der Waals surface area contributed by atoms with Gasteiger partial charge >= 0.3 is 0 Å². The molecular weight excluding hydrogens is 420 g/mol. The molecule has 32 heavy (non-hydrogen) atoms. The largest absolute Gasteiger partial charge is 0.487 e. The van der Waals surface area contributed by atoms with E-state index in [-0.39, 0.29) is 24.8 Å². The van der Waals surface area contributed by atoms with E-state index >= 15 is 0 Å². The Hall–Kier alpha value is -3.14. The van der Waals surface area contributed by atoms with Gasteiger partial charge in [-0.05, 0) is 37.1 Å². The summed E-state index contributed by atoms with van der Waals surface area (Å²) < 4.78 is 31.4. The van der Waals surface area contributed by atoms with E-state index in [1.807, 2.05) is 31.0 Å². The highest BCUT2D eigenvalue weighted by Gasteiger charge is 2.25. The molecule has 0 aromatic heterocycles. The molecule has 1 aromatic rings. The first-order valence-electron chi connectivity index (χ1n) is 10.2. The molecule has 3 N–H and O–H groups in total. The van der Waals surface area contributed by atoms with E-state index in [9.17, 15) is 18.5 Å². The Kier molecular flexibility index (Phi) is 8.59. The third kappa shape index (κ3) is 6.94. The van der Waals surface area contributed by atoms with E-state index < -0.39 is 24.5 Å². The number of rotatable bonds is 10. The topological polar surface area (TPSA) is 109 Å². The lowest BCUT2D eigenvalue weighted by atomic mass is 9.99. The number of benzene rings is 1. The van der Waals surface area contributed by atoms with E-state index in [1.54, 1.807) is 25.3 Å². The number of amides is 1. The molecular formula is C22H29F2N5O3. The normalized spacial score (nSPS) is 18.2. The summed E-state index contributed by atoms with van der Waals surface area (Å²) in [5, 5.41) is 5.31. The number of halogens is 2. The van der Waals surface area contributed by atoms with Gasteiger partial charge in [-0.2, -0.15) is 4.91 Å². The van der Waals surface area contributed by atoms with Crippen LogP contribution in [0.25, 0.3) is 0 Å². The summed E-state index contributed by atoms with van der Waals surface area (Å²) in [6, 6.07) is 4.71. The van der Waals surface area contributed by atoms with Crippen LogP contribution in [-0.2, 0) is 4.79 Å². The number of nitrogens with zero attached hydrogens (tertiary/aromatic N) is 3. The van der Waals surface area contributed by atoms with Crippen molar-refractivity contribution in [2.75, 3.05) is 26.7 Å². The first kappa shape index (κ1) is 25.1. The highest BCUT2D eigenvalue weighted by atomic mass is 19.3. The Morgan fingerprint density at radius 3 is 2.81 bits per heavy atom. The van der Waals surface area contributed by atoms with Crippen molar-refractivity contribution in [3.8, 4) is 5.75 Å². The minimum absolute atomic E-state index is 0.0359. The van der Waals surface area contributed by atoms with Crippen molar-refractivity contribution in [1.29, 1.82) is 0 Å². The Morgan fingerprint density at radius 2 is 2.19 bits per heavy atom. The first-order valence-corrected chi connectivity index (χ1v) is 10.2. The monoisotopic (exact) mass is 449 g/mol. The van der Waals surface area contributed by atoms with Gasteiger partial charge in [-0.15, -0.1) is 0 Å². The quantitative estimate of drug-likeness (QED) is 0.421. The highest BCUT2D eigenvalue weighted by molar-refractivity contribution is 6.46. The molecule has 0 bridgehead atoms. The number of carbonyl (C=O) groups is 1. The maximum atomic E-state index is 13.1. The van der Waals surface area contributed by atoms with Gasteiger partial charge in [0.15, 0.2) is 6.61 Å². The molecule has 10 heteroatoms. The minimum atomic E-state index is -2.91. The molecule has 1 heterocycles. The molecule has 2 unspecified atom stereocenters. The molecule has 0 radical (unpaired) electrons. The van der Waals surface area contributed by atoms with Crippen molar-refractivity contribution in [2.24, 2.45) is 15.9 Å².